The number of nitrogens with zero attached hydrogens (tertiary/aromatic N) is 1. The number of rotatable bonds is 3. The summed E-state index contributed by atoms with van der Waals surface area (Å²) in [6.07, 6.45) is 3.61. The van der Waals surface area contributed by atoms with Gasteiger partial charge in [-0.05, 0) is 62.9 Å². The van der Waals surface area contributed by atoms with Gasteiger partial charge in [-0.25, -0.2) is 4.98 Å². The molecule has 1 heterocycles. The third kappa shape index (κ3) is 2.94. The largest absolute Gasteiger partial charge is 0.309 e. The molecule has 1 aromatic carbocycles. The van der Waals surface area contributed by atoms with Gasteiger partial charge in [-0.15, -0.1) is 11.3 Å². The summed E-state index contributed by atoms with van der Waals surface area (Å²) in [6.45, 7) is 7.50. The number of thiazole rings is 1. The molecule has 0 saturated heterocycles. The number of fused-ring (bicyclic) bond motifs is 1. The molecule has 0 amide bonds. The highest BCUT2D eigenvalue weighted by molar-refractivity contribution is 9.10. The molecule has 1 atom stereocenters. The molecule has 0 aliphatic heterocycles. The van der Waals surface area contributed by atoms with E-state index in [0.717, 1.165) is 13.0 Å². The average Bonchev–Trinajstić information content (AvgIpc) is 2.89. The molecule has 0 radical (unpaired) electrons. The van der Waals surface area contributed by atoms with E-state index in [1.807, 2.05) is 11.3 Å². The lowest BCUT2D eigenvalue weighted by molar-refractivity contribution is 0.476. The minimum Gasteiger partial charge on any atom is -0.309 e. The van der Waals surface area contributed by atoms with E-state index in [9.17, 15) is 0 Å². The Balaban J connectivity index is 2.01. The molecule has 0 spiro atoms. The van der Waals surface area contributed by atoms with Crippen molar-refractivity contribution >= 4 is 27.3 Å². The number of nitrogens with one attached hydrogen (secondary N) is 1. The zero-order valence-corrected chi connectivity index (χ0v) is 15.2. The van der Waals surface area contributed by atoms with E-state index in [2.05, 4.69) is 54.2 Å². The van der Waals surface area contributed by atoms with E-state index < -0.39 is 0 Å². The second-order valence-corrected chi connectivity index (χ2v) is 7.58. The SMILES string of the molecule is CCNC1CCCc2nc(-c3cc(C)c(Br)c(C)c3)sc21. The molecule has 2 aromatic rings. The van der Waals surface area contributed by atoms with Crippen molar-refractivity contribution in [2.75, 3.05) is 6.54 Å². The van der Waals surface area contributed by atoms with E-state index in [0.29, 0.717) is 6.04 Å². The quantitative estimate of drug-likeness (QED) is 0.811. The lowest BCUT2D eigenvalue weighted by Gasteiger charge is -2.21. The molecule has 4 heteroatoms. The number of halogens is 1. The van der Waals surface area contributed by atoms with Gasteiger partial charge >= 0.3 is 0 Å². The van der Waals surface area contributed by atoms with Crippen molar-refractivity contribution in [2.45, 2.75) is 46.1 Å². The van der Waals surface area contributed by atoms with Crippen LogP contribution in [-0.4, -0.2) is 11.5 Å². The first kappa shape index (κ1) is 15.2. The molecule has 0 saturated carbocycles. The number of aryl methyl sites for hydroxylation is 3. The normalized spacial score (nSPS) is 17.8. The predicted octanol–water partition coefficient (Wildman–Crippen LogP) is 5.18. The summed E-state index contributed by atoms with van der Waals surface area (Å²) in [5.41, 5.74) is 5.12. The molecule has 112 valence electrons. The van der Waals surface area contributed by atoms with Gasteiger partial charge in [0, 0.05) is 21.0 Å². The lowest BCUT2D eigenvalue weighted by Crippen LogP contribution is -2.23. The fraction of sp³-hybridized carbons (Fsp3) is 0.471. The summed E-state index contributed by atoms with van der Waals surface area (Å²) in [4.78, 5) is 6.38. The van der Waals surface area contributed by atoms with Crippen molar-refractivity contribution in [2.24, 2.45) is 0 Å². The second kappa shape index (κ2) is 6.19. The van der Waals surface area contributed by atoms with Gasteiger partial charge in [0.25, 0.3) is 0 Å². The van der Waals surface area contributed by atoms with E-state index >= 15 is 0 Å². The van der Waals surface area contributed by atoms with Crippen molar-refractivity contribution in [3.63, 3.8) is 0 Å². The Labute approximate surface area is 139 Å². The highest BCUT2D eigenvalue weighted by Crippen LogP contribution is 2.39. The monoisotopic (exact) mass is 364 g/mol. The summed E-state index contributed by atoms with van der Waals surface area (Å²) in [6, 6.07) is 4.98. The molecule has 21 heavy (non-hydrogen) atoms. The predicted molar refractivity (Wildman–Crippen MR) is 94.1 cm³/mol. The molecule has 1 unspecified atom stereocenters. The lowest BCUT2D eigenvalue weighted by atomic mass is 9.98. The minimum absolute atomic E-state index is 0.502. The van der Waals surface area contributed by atoms with Gasteiger partial charge in [0.1, 0.15) is 5.01 Å². The highest BCUT2D eigenvalue weighted by atomic mass is 79.9. The Hall–Kier alpha value is -0.710. The molecule has 0 fully saturated rings. The second-order valence-electron chi connectivity index (χ2n) is 5.76. The zero-order valence-electron chi connectivity index (χ0n) is 12.8. The topological polar surface area (TPSA) is 24.9 Å². The summed E-state index contributed by atoms with van der Waals surface area (Å²) in [7, 11) is 0. The average molecular weight is 365 g/mol. The van der Waals surface area contributed by atoms with Crippen LogP contribution in [0.1, 0.15) is 47.5 Å². The first-order valence-electron chi connectivity index (χ1n) is 7.60. The van der Waals surface area contributed by atoms with Crippen LogP contribution in [0, 0.1) is 13.8 Å². The zero-order chi connectivity index (χ0) is 15.0. The molecule has 3 rings (SSSR count). The van der Waals surface area contributed by atoms with Crippen LogP contribution < -0.4 is 5.32 Å². The molecule has 1 aliphatic carbocycles. The van der Waals surface area contributed by atoms with Crippen molar-refractivity contribution in [1.82, 2.24) is 10.3 Å². The van der Waals surface area contributed by atoms with Crippen LogP contribution in [0.25, 0.3) is 10.6 Å². The van der Waals surface area contributed by atoms with Crippen LogP contribution in [0.4, 0.5) is 0 Å². The summed E-state index contributed by atoms with van der Waals surface area (Å²) in [5, 5.41) is 4.77. The van der Waals surface area contributed by atoms with E-state index in [4.69, 9.17) is 4.98 Å². The maximum Gasteiger partial charge on any atom is 0.123 e. The summed E-state index contributed by atoms with van der Waals surface area (Å²) in [5.74, 6) is 0. The molecule has 0 bridgehead atoms. The van der Waals surface area contributed by atoms with E-state index in [-0.39, 0.29) is 0 Å². The molecule has 1 N–H and O–H groups in total. The van der Waals surface area contributed by atoms with E-state index in [1.54, 1.807) is 0 Å². The Bertz CT molecular complexity index is 640. The van der Waals surface area contributed by atoms with Crippen molar-refractivity contribution in [1.29, 1.82) is 0 Å². The molecule has 2 nitrogen and oxygen atoms in total. The Morgan fingerprint density at radius 1 is 1.33 bits per heavy atom. The molecule has 1 aromatic heterocycles. The number of aromatic nitrogens is 1. The first-order valence-corrected chi connectivity index (χ1v) is 9.21. The number of hydrogen-bond acceptors (Lipinski definition) is 3. The van der Waals surface area contributed by atoms with Crippen molar-refractivity contribution in [3.05, 3.63) is 38.3 Å². The van der Waals surface area contributed by atoms with E-state index in [1.165, 1.54) is 49.6 Å². The Morgan fingerprint density at radius 3 is 2.71 bits per heavy atom. The van der Waals surface area contributed by atoms with Crippen molar-refractivity contribution < 1.29 is 0 Å². The Morgan fingerprint density at radius 2 is 2.05 bits per heavy atom. The van der Waals surface area contributed by atoms with Gasteiger partial charge < -0.3 is 5.32 Å². The highest BCUT2D eigenvalue weighted by Gasteiger charge is 2.24. The minimum atomic E-state index is 0.502. The third-order valence-electron chi connectivity index (χ3n) is 4.08. The fourth-order valence-electron chi connectivity index (χ4n) is 3.05. The van der Waals surface area contributed by atoms with Gasteiger partial charge in [-0.1, -0.05) is 22.9 Å². The van der Waals surface area contributed by atoms with Crippen LogP contribution in [0.2, 0.25) is 0 Å². The third-order valence-corrected chi connectivity index (χ3v) is 6.60. The van der Waals surface area contributed by atoms with Gasteiger partial charge in [0.2, 0.25) is 0 Å². The van der Waals surface area contributed by atoms with Crippen LogP contribution >= 0.6 is 27.3 Å². The van der Waals surface area contributed by atoms with Gasteiger partial charge in [-0.2, -0.15) is 0 Å². The first-order chi connectivity index (χ1) is 10.1. The van der Waals surface area contributed by atoms with Gasteiger partial charge in [-0.3, -0.25) is 0 Å². The molecular formula is C17H21BrN2S. The van der Waals surface area contributed by atoms with Crippen LogP contribution in [0.3, 0.4) is 0 Å². The maximum absolute atomic E-state index is 4.93. The van der Waals surface area contributed by atoms with Gasteiger partial charge in [0.05, 0.1) is 5.69 Å². The number of hydrogen-bond donors (Lipinski definition) is 1. The molecule has 1 aliphatic rings. The Kier molecular flexibility index (Phi) is 4.48. The molecular weight excluding hydrogens is 344 g/mol. The van der Waals surface area contributed by atoms with Crippen LogP contribution in [-0.2, 0) is 6.42 Å². The van der Waals surface area contributed by atoms with Gasteiger partial charge in [0.15, 0.2) is 0 Å². The number of benzene rings is 1. The van der Waals surface area contributed by atoms with Crippen molar-refractivity contribution in [3.8, 4) is 10.6 Å². The maximum atomic E-state index is 4.93. The fourth-order valence-corrected chi connectivity index (χ4v) is 4.49. The summed E-state index contributed by atoms with van der Waals surface area (Å²) < 4.78 is 1.21. The van der Waals surface area contributed by atoms with Crippen LogP contribution in [0.15, 0.2) is 16.6 Å². The standard InChI is InChI=1S/C17H21BrN2S/c1-4-19-13-6-5-7-14-16(13)21-17(20-14)12-8-10(2)15(18)11(3)9-12/h8-9,13,19H,4-7H2,1-3H3. The smallest absolute Gasteiger partial charge is 0.123 e. The summed E-state index contributed by atoms with van der Waals surface area (Å²) >= 11 is 5.52. The van der Waals surface area contributed by atoms with Crippen LogP contribution in [0.5, 0.6) is 0 Å².